The van der Waals surface area contributed by atoms with Crippen LogP contribution in [0.5, 0.6) is 0 Å². The molecule has 1 amide bonds. The van der Waals surface area contributed by atoms with Gasteiger partial charge in [-0.2, -0.15) is 0 Å². The monoisotopic (exact) mass is 543 g/mol. The molecule has 2 atom stereocenters. The maximum Gasteiger partial charge on any atom is 0.226 e. The van der Waals surface area contributed by atoms with E-state index in [-0.39, 0.29) is 24.4 Å². The molecular formula is C35H37N5O. The maximum atomic E-state index is 13.0. The Morgan fingerprint density at radius 1 is 0.878 bits per heavy atom. The normalized spacial score (nSPS) is 14.6. The SMILES string of the molecule is Cc1ccc(CC(CNC(=O)Cc2ccccn2)n2c(=N)n(C(c3ccc(C)cc3)C3CC3)c3ccccc32)cc1. The highest BCUT2D eigenvalue weighted by Crippen LogP contribution is 2.44. The van der Waals surface area contributed by atoms with Crippen LogP contribution >= 0.6 is 0 Å². The second-order valence-electron chi connectivity index (χ2n) is 11.4. The van der Waals surface area contributed by atoms with Gasteiger partial charge in [0.05, 0.1) is 29.5 Å². The molecule has 0 radical (unpaired) electrons. The first-order valence-electron chi connectivity index (χ1n) is 14.5. The molecule has 3 aromatic carbocycles. The highest BCUT2D eigenvalue weighted by molar-refractivity contribution is 5.78. The Kier molecular flexibility index (Phi) is 7.55. The van der Waals surface area contributed by atoms with Gasteiger partial charge in [-0.15, -0.1) is 0 Å². The van der Waals surface area contributed by atoms with E-state index in [1.54, 1.807) is 6.20 Å². The van der Waals surface area contributed by atoms with Crippen LogP contribution in [-0.2, 0) is 17.6 Å². The summed E-state index contributed by atoms with van der Waals surface area (Å²) < 4.78 is 4.37. The molecule has 5 aromatic rings. The fraction of sp³-hybridized carbons (Fsp3) is 0.286. The Morgan fingerprint density at radius 3 is 2.15 bits per heavy atom. The van der Waals surface area contributed by atoms with Crippen molar-refractivity contribution in [2.75, 3.05) is 6.54 Å². The molecule has 1 aliphatic carbocycles. The summed E-state index contributed by atoms with van der Waals surface area (Å²) in [7, 11) is 0. The lowest BCUT2D eigenvalue weighted by Crippen LogP contribution is -2.38. The Labute approximate surface area is 241 Å². The molecule has 1 aliphatic rings. The van der Waals surface area contributed by atoms with Crippen LogP contribution in [-0.4, -0.2) is 26.6 Å². The minimum Gasteiger partial charge on any atom is -0.354 e. The van der Waals surface area contributed by atoms with E-state index in [9.17, 15) is 10.2 Å². The predicted molar refractivity (Wildman–Crippen MR) is 163 cm³/mol. The zero-order valence-electron chi connectivity index (χ0n) is 23.8. The second-order valence-corrected chi connectivity index (χ2v) is 11.4. The smallest absolute Gasteiger partial charge is 0.226 e. The van der Waals surface area contributed by atoms with Gasteiger partial charge in [-0.3, -0.25) is 15.2 Å². The van der Waals surface area contributed by atoms with Crippen molar-refractivity contribution in [3.8, 4) is 0 Å². The number of rotatable bonds is 10. The van der Waals surface area contributed by atoms with Crippen molar-refractivity contribution in [2.45, 2.75) is 51.6 Å². The second kappa shape index (κ2) is 11.6. The van der Waals surface area contributed by atoms with Crippen molar-refractivity contribution in [3.63, 3.8) is 0 Å². The topological polar surface area (TPSA) is 75.7 Å². The zero-order chi connectivity index (χ0) is 28.3. The lowest BCUT2D eigenvalue weighted by Gasteiger charge is -2.22. The number of hydrogen-bond acceptors (Lipinski definition) is 3. The number of amides is 1. The van der Waals surface area contributed by atoms with Gasteiger partial charge in [0.2, 0.25) is 11.5 Å². The van der Waals surface area contributed by atoms with Crippen molar-refractivity contribution in [2.24, 2.45) is 5.92 Å². The van der Waals surface area contributed by atoms with E-state index in [1.807, 2.05) is 24.3 Å². The lowest BCUT2D eigenvalue weighted by molar-refractivity contribution is -0.120. The Bertz CT molecular complexity index is 1700. The van der Waals surface area contributed by atoms with Crippen LogP contribution in [0.25, 0.3) is 11.0 Å². The Balaban J connectivity index is 1.40. The van der Waals surface area contributed by atoms with Crippen LogP contribution < -0.4 is 10.9 Å². The zero-order valence-corrected chi connectivity index (χ0v) is 23.8. The molecule has 2 heterocycles. The van der Waals surface area contributed by atoms with Gasteiger partial charge in [0.15, 0.2) is 0 Å². The highest BCUT2D eigenvalue weighted by Gasteiger charge is 2.36. The number of pyridine rings is 1. The van der Waals surface area contributed by atoms with Gasteiger partial charge in [-0.05, 0) is 74.4 Å². The summed E-state index contributed by atoms with van der Waals surface area (Å²) >= 11 is 0. The van der Waals surface area contributed by atoms with E-state index in [0.717, 1.165) is 16.7 Å². The van der Waals surface area contributed by atoms with Crippen LogP contribution in [0.1, 0.15) is 52.9 Å². The molecule has 2 unspecified atom stereocenters. The third-order valence-electron chi connectivity index (χ3n) is 8.18. The summed E-state index contributed by atoms with van der Waals surface area (Å²) in [4.78, 5) is 17.3. The Hall–Kier alpha value is -4.45. The van der Waals surface area contributed by atoms with Crippen molar-refractivity contribution in [1.82, 2.24) is 19.4 Å². The standard InChI is InChI=1S/C35H37N5O/c1-24-10-14-26(15-11-24)21-30(23-38-33(41)22-29-7-5-6-20-37-29)39-31-8-3-4-9-32(31)40(35(39)36)34(28-18-19-28)27-16-12-25(2)13-17-27/h3-17,20,28,30,34,36H,18-19,21-23H2,1-2H3,(H,38,41). The van der Waals surface area contributed by atoms with Crippen molar-refractivity contribution in [3.05, 3.63) is 131 Å². The molecule has 6 heteroatoms. The fourth-order valence-electron chi connectivity index (χ4n) is 5.89. The van der Waals surface area contributed by atoms with Gasteiger partial charge in [-0.1, -0.05) is 77.9 Å². The number of aryl methyl sites for hydroxylation is 2. The minimum atomic E-state index is -0.137. The third-order valence-corrected chi connectivity index (χ3v) is 8.18. The first-order valence-corrected chi connectivity index (χ1v) is 14.5. The molecule has 1 saturated carbocycles. The van der Waals surface area contributed by atoms with E-state index in [2.05, 4.69) is 100 Å². The lowest BCUT2D eigenvalue weighted by atomic mass is 10.0. The summed E-state index contributed by atoms with van der Waals surface area (Å²) in [5, 5.41) is 12.8. The third kappa shape index (κ3) is 5.87. The van der Waals surface area contributed by atoms with E-state index >= 15 is 0 Å². The number of nitrogens with zero attached hydrogens (tertiary/aromatic N) is 3. The number of benzene rings is 3. The number of carbonyl (C=O) groups is 1. The van der Waals surface area contributed by atoms with Gasteiger partial charge >= 0.3 is 0 Å². The largest absolute Gasteiger partial charge is 0.354 e. The molecule has 6 rings (SSSR count). The molecule has 41 heavy (non-hydrogen) atoms. The van der Waals surface area contributed by atoms with E-state index in [0.29, 0.717) is 24.5 Å². The predicted octanol–water partition coefficient (Wildman–Crippen LogP) is 6.08. The summed E-state index contributed by atoms with van der Waals surface area (Å²) in [5.41, 5.74) is 8.18. The molecule has 0 spiro atoms. The van der Waals surface area contributed by atoms with Crippen LogP contribution in [0.4, 0.5) is 0 Å². The number of fused-ring (bicyclic) bond motifs is 1. The molecule has 2 N–H and O–H groups in total. The summed E-state index contributed by atoms with van der Waals surface area (Å²) in [6.07, 6.45) is 4.98. The van der Waals surface area contributed by atoms with Crippen LogP contribution in [0, 0.1) is 25.2 Å². The molecule has 1 fully saturated rings. The van der Waals surface area contributed by atoms with Crippen molar-refractivity contribution in [1.29, 1.82) is 5.41 Å². The van der Waals surface area contributed by atoms with Gasteiger partial charge in [0, 0.05) is 18.4 Å². The minimum absolute atomic E-state index is 0.0658. The first-order chi connectivity index (χ1) is 20.0. The maximum absolute atomic E-state index is 13.0. The fourth-order valence-corrected chi connectivity index (χ4v) is 5.89. The average Bonchev–Trinajstić information content (AvgIpc) is 3.78. The van der Waals surface area contributed by atoms with E-state index in [1.165, 1.54) is 35.1 Å². The molecule has 2 aromatic heterocycles. The highest BCUT2D eigenvalue weighted by atomic mass is 16.1. The van der Waals surface area contributed by atoms with E-state index < -0.39 is 0 Å². The van der Waals surface area contributed by atoms with Crippen molar-refractivity contribution < 1.29 is 4.79 Å². The molecule has 0 saturated heterocycles. The quantitative estimate of drug-likeness (QED) is 0.224. The van der Waals surface area contributed by atoms with Gasteiger partial charge < -0.3 is 14.5 Å². The number of carbonyl (C=O) groups excluding carboxylic acids is 1. The van der Waals surface area contributed by atoms with Crippen LogP contribution in [0.15, 0.2) is 97.2 Å². The number of imidazole rings is 1. The Morgan fingerprint density at radius 2 is 1.51 bits per heavy atom. The number of para-hydroxylation sites is 2. The molecular weight excluding hydrogens is 506 g/mol. The number of nitrogens with one attached hydrogen (secondary N) is 2. The van der Waals surface area contributed by atoms with E-state index in [4.69, 9.17) is 0 Å². The molecule has 6 nitrogen and oxygen atoms in total. The number of aromatic nitrogens is 3. The summed E-state index contributed by atoms with van der Waals surface area (Å²) in [6.45, 7) is 4.62. The van der Waals surface area contributed by atoms with Crippen molar-refractivity contribution >= 4 is 16.9 Å². The van der Waals surface area contributed by atoms with Gasteiger partial charge in [0.25, 0.3) is 0 Å². The average molecular weight is 544 g/mol. The van der Waals surface area contributed by atoms with Crippen LogP contribution in [0.3, 0.4) is 0 Å². The molecule has 0 bridgehead atoms. The first kappa shape index (κ1) is 26.8. The molecule has 0 aliphatic heterocycles. The van der Waals surface area contributed by atoms with Crippen LogP contribution in [0.2, 0.25) is 0 Å². The summed E-state index contributed by atoms with van der Waals surface area (Å²) in [6, 6.07) is 31.3. The number of hydrogen-bond donors (Lipinski definition) is 2. The van der Waals surface area contributed by atoms with Gasteiger partial charge in [-0.25, -0.2) is 0 Å². The molecule has 208 valence electrons. The summed E-state index contributed by atoms with van der Waals surface area (Å²) in [5.74, 6) is 0.448. The van der Waals surface area contributed by atoms with Gasteiger partial charge in [0.1, 0.15) is 0 Å².